The summed E-state index contributed by atoms with van der Waals surface area (Å²) in [4.78, 5) is 6.72. The quantitative estimate of drug-likeness (QED) is 0.262. The lowest BCUT2D eigenvalue weighted by Crippen LogP contribution is -2.44. The van der Waals surface area contributed by atoms with Gasteiger partial charge in [0.05, 0.1) is 21.3 Å². The van der Waals surface area contributed by atoms with E-state index in [0.717, 1.165) is 48.7 Å². The summed E-state index contributed by atoms with van der Waals surface area (Å²) >= 11 is 0. The highest BCUT2D eigenvalue weighted by Gasteiger charge is 2.23. The first kappa shape index (κ1) is 25.9. The molecule has 8 nitrogen and oxygen atoms in total. The molecule has 0 amide bonds. The normalized spacial score (nSPS) is 16.2. The van der Waals surface area contributed by atoms with Gasteiger partial charge in [-0.1, -0.05) is 0 Å². The number of ether oxygens (including phenoxy) is 3. The maximum atomic E-state index is 10.1. The molecule has 1 aliphatic rings. The molecule has 3 N–H and O–H groups in total. The first-order valence-electron chi connectivity index (χ1n) is 10.3. The Morgan fingerprint density at radius 1 is 1.06 bits per heavy atom. The maximum absolute atomic E-state index is 10.1. The van der Waals surface area contributed by atoms with Crippen LogP contribution in [-0.2, 0) is 13.1 Å². The van der Waals surface area contributed by atoms with Crippen LogP contribution in [0.15, 0.2) is 41.4 Å². The second-order valence-electron chi connectivity index (χ2n) is 7.51. The molecule has 0 spiro atoms. The number of halogens is 1. The summed E-state index contributed by atoms with van der Waals surface area (Å²) < 4.78 is 16.0. The molecule has 176 valence electrons. The van der Waals surface area contributed by atoms with E-state index in [4.69, 9.17) is 14.2 Å². The van der Waals surface area contributed by atoms with Crippen LogP contribution in [0, 0.1) is 0 Å². The number of likely N-dealkylation sites (tertiary alicyclic amines) is 1. The summed E-state index contributed by atoms with van der Waals surface area (Å²) in [7, 11) is 6.68. The third-order valence-corrected chi connectivity index (χ3v) is 5.39. The number of hydrogen-bond donors (Lipinski definition) is 3. The van der Waals surface area contributed by atoms with Crippen LogP contribution in [0.4, 0.5) is 0 Å². The zero-order chi connectivity index (χ0) is 22.2. The lowest BCUT2D eigenvalue weighted by Gasteiger charge is -2.20. The molecule has 1 atom stereocenters. The summed E-state index contributed by atoms with van der Waals surface area (Å²) in [6.45, 7) is 3.17. The summed E-state index contributed by atoms with van der Waals surface area (Å²) in [5.41, 5.74) is 1.91. The van der Waals surface area contributed by atoms with Crippen molar-refractivity contribution in [1.29, 1.82) is 0 Å². The van der Waals surface area contributed by atoms with Crippen LogP contribution < -0.4 is 24.8 Å². The maximum Gasteiger partial charge on any atom is 0.191 e. The zero-order valence-electron chi connectivity index (χ0n) is 19.1. The molecule has 1 heterocycles. The summed E-state index contributed by atoms with van der Waals surface area (Å²) in [5, 5.41) is 16.8. The molecule has 1 fully saturated rings. The lowest BCUT2D eigenvalue weighted by atomic mass is 10.2. The van der Waals surface area contributed by atoms with E-state index in [9.17, 15) is 5.11 Å². The minimum atomic E-state index is 0. The molecule has 2 aromatic rings. The number of aliphatic imine (C=N–C) groups is 1. The molecule has 3 rings (SSSR count). The van der Waals surface area contributed by atoms with Crippen molar-refractivity contribution in [3.05, 3.63) is 47.5 Å². The van der Waals surface area contributed by atoms with Crippen molar-refractivity contribution in [3.63, 3.8) is 0 Å². The van der Waals surface area contributed by atoms with Gasteiger partial charge in [-0.25, -0.2) is 0 Å². The van der Waals surface area contributed by atoms with Gasteiger partial charge in [0.1, 0.15) is 23.0 Å². The molecule has 2 aromatic carbocycles. The number of rotatable bonds is 8. The molecule has 0 bridgehead atoms. The summed E-state index contributed by atoms with van der Waals surface area (Å²) in [6.07, 6.45) is 1.02. The summed E-state index contributed by atoms with van der Waals surface area (Å²) in [5.74, 6) is 3.24. The zero-order valence-corrected chi connectivity index (χ0v) is 21.4. The van der Waals surface area contributed by atoms with E-state index in [-0.39, 0.29) is 35.8 Å². The third kappa shape index (κ3) is 7.06. The Labute approximate surface area is 207 Å². The highest BCUT2D eigenvalue weighted by atomic mass is 127. The van der Waals surface area contributed by atoms with Gasteiger partial charge in [-0.2, -0.15) is 0 Å². The second kappa shape index (κ2) is 12.6. The van der Waals surface area contributed by atoms with Crippen molar-refractivity contribution >= 4 is 29.9 Å². The third-order valence-electron chi connectivity index (χ3n) is 5.39. The fourth-order valence-electron chi connectivity index (χ4n) is 3.71. The van der Waals surface area contributed by atoms with E-state index in [1.807, 2.05) is 24.3 Å². The minimum Gasteiger partial charge on any atom is -0.508 e. The van der Waals surface area contributed by atoms with E-state index in [1.165, 1.54) is 0 Å². The van der Waals surface area contributed by atoms with E-state index >= 15 is 0 Å². The molecule has 0 saturated carbocycles. The topological polar surface area (TPSA) is 87.6 Å². The van der Waals surface area contributed by atoms with Crippen LogP contribution in [0.2, 0.25) is 0 Å². The van der Waals surface area contributed by atoms with Crippen LogP contribution in [0.1, 0.15) is 17.5 Å². The molecule has 0 aromatic heterocycles. The Kier molecular flexibility index (Phi) is 10.2. The Morgan fingerprint density at radius 2 is 1.75 bits per heavy atom. The molecule has 1 saturated heterocycles. The number of methoxy groups -OCH3 is 3. The largest absolute Gasteiger partial charge is 0.508 e. The SMILES string of the molecule is CN=C(NCc1cc(OC)ccc1O)NC1CCN(Cc2cc(OC)cc(OC)c2)C1.I. The Balaban J connectivity index is 0.00000363. The first-order chi connectivity index (χ1) is 15.0. The van der Waals surface area contributed by atoms with Crippen molar-refractivity contribution in [3.8, 4) is 23.0 Å². The van der Waals surface area contributed by atoms with Crippen LogP contribution in [-0.4, -0.2) is 63.5 Å². The Hall–Kier alpha value is -2.40. The molecular weight excluding hydrogens is 523 g/mol. The number of nitrogens with zero attached hydrogens (tertiary/aromatic N) is 2. The number of aromatic hydroxyl groups is 1. The highest BCUT2D eigenvalue weighted by molar-refractivity contribution is 14.0. The van der Waals surface area contributed by atoms with Crippen molar-refractivity contribution < 1.29 is 19.3 Å². The molecule has 9 heteroatoms. The average Bonchev–Trinajstić information content (AvgIpc) is 3.23. The van der Waals surface area contributed by atoms with Crippen LogP contribution in [0.5, 0.6) is 23.0 Å². The van der Waals surface area contributed by atoms with Gasteiger partial charge in [-0.15, -0.1) is 24.0 Å². The van der Waals surface area contributed by atoms with Crippen molar-refractivity contribution in [2.45, 2.75) is 25.6 Å². The van der Waals surface area contributed by atoms with E-state index in [0.29, 0.717) is 18.3 Å². The summed E-state index contributed by atoms with van der Waals surface area (Å²) in [6, 6.07) is 11.4. The molecule has 32 heavy (non-hydrogen) atoms. The van der Waals surface area contributed by atoms with Crippen molar-refractivity contribution in [2.75, 3.05) is 41.5 Å². The average molecular weight is 556 g/mol. The lowest BCUT2D eigenvalue weighted by molar-refractivity contribution is 0.321. The number of benzene rings is 2. The van der Waals surface area contributed by atoms with Gasteiger partial charge < -0.3 is 30.0 Å². The van der Waals surface area contributed by atoms with Gasteiger partial charge in [0.15, 0.2) is 5.96 Å². The predicted octanol–water partition coefficient (Wildman–Crippen LogP) is 2.98. The van der Waals surface area contributed by atoms with Gasteiger partial charge in [0.2, 0.25) is 0 Å². The molecule has 1 aliphatic heterocycles. The number of phenolic OH excluding ortho intramolecular Hbond substituents is 1. The molecule has 0 radical (unpaired) electrons. The smallest absolute Gasteiger partial charge is 0.191 e. The number of phenols is 1. The Morgan fingerprint density at radius 3 is 2.38 bits per heavy atom. The monoisotopic (exact) mass is 556 g/mol. The highest BCUT2D eigenvalue weighted by Crippen LogP contribution is 2.25. The standard InChI is InChI=1S/C23H32N4O4.HI/c1-24-23(25-13-17-11-19(29-2)5-6-22(17)28)26-18-7-8-27(15-18)14-16-9-20(30-3)12-21(10-16)31-4;/h5-6,9-12,18,28H,7-8,13-15H2,1-4H3,(H2,24,25,26);1H. The van der Waals surface area contributed by atoms with E-state index in [1.54, 1.807) is 40.5 Å². The van der Waals surface area contributed by atoms with Gasteiger partial charge in [-0.05, 0) is 42.3 Å². The molecule has 0 aliphatic carbocycles. The fraction of sp³-hybridized carbons (Fsp3) is 0.435. The van der Waals surface area contributed by atoms with Crippen molar-refractivity contribution in [1.82, 2.24) is 15.5 Å². The van der Waals surface area contributed by atoms with Gasteiger partial charge in [-0.3, -0.25) is 9.89 Å². The second-order valence-corrected chi connectivity index (χ2v) is 7.51. The molecule has 1 unspecified atom stereocenters. The first-order valence-corrected chi connectivity index (χ1v) is 10.3. The predicted molar refractivity (Wildman–Crippen MR) is 137 cm³/mol. The van der Waals surface area contributed by atoms with Crippen LogP contribution in [0.25, 0.3) is 0 Å². The molecular formula is C23H33IN4O4. The fourth-order valence-corrected chi connectivity index (χ4v) is 3.71. The Bertz CT molecular complexity index is 887. The number of nitrogens with one attached hydrogen (secondary N) is 2. The van der Waals surface area contributed by atoms with Crippen LogP contribution >= 0.6 is 24.0 Å². The minimum absolute atomic E-state index is 0. The number of guanidine groups is 1. The van der Waals surface area contributed by atoms with Gasteiger partial charge >= 0.3 is 0 Å². The number of hydrogen-bond acceptors (Lipinski definition) is 6. The van der Waals surface area contributed by atoms with E-state index < -0.39 is 0 Å². The van der Waals surface area contributed by atoms with Crippen LogP contribution in [0.3, 0.4) is 0 Å². The van der Waals surface area contributed by atoms with Gasteiger partial charge in [0.25, 0.3) is 0 Å². The van der Waals surface area contributed by atoms with Crippen molar-refractivity contribution in [2.24, 2.45) is 4.99 Å². The van der Waals surface area contributed by atoms with Gasteiger partial charge in [0, 0.05) is 50.9 Å². The van der Waals surface area contributed by atoms with E-state index in [2.05, 4.69) is 20.5 Å².